The van der Waals surface area contributed by atoms with Gasteiger partial charge in [0.1, 0.15) is 5.75 Å². The lowest BCUT2D eigenvalue weighted by atomic mass is 10.1. The number of nitrogens with zero attached hydrogens (tertiary/aromatic N) is 3. The zero-order chi connectivity index (χ0) is 23.5. The molecule has 1 aliphatic rings. The number of amides is 1. The van der Waals surface area contributed by atoms with E-state index in [1.165, 1.54) is 42.1 Å². The fourth-order valence-electron chi connectivity index (χ4n) is 3.74. The highest BCUT2D eigenvalue weighted by molar-refractivity contribution is 7.89. The third kappa shape index (κ3) is 5.19. The Bertz CT molecular complexity index is 1080. The molecule has 9 heteroatoms. The lowest BCUT2D eigenvalue weighted by molar-refractivity contribution is -0.131. The summed E-state index contributed by atoms with van der Waals surface area (Å²) in [4.78, 5) is 16.8. The number of sulfonamides is 1. The molecule has 1 aliphatic heterocycles. The van der Waals surface area contributed by atoms with Crippen LogP contribution in [0.15, 0.2) is 41.3 Å². The van der Waals surface area contributed by atoms with Crippen molar-refractivity contribution in [2.45, 2.75) is 25.7 Å². The Morgan fingerprint density at radius 1 is 1.12 bits per heavy atom. The Morgan fingerprint density at radius 3 is 2.44 bits per heavy atom. The molecule has 0 unspecified atom stereocenters. The Labute approximate surface area is 195 Å². The number of hydrogen-bond donors (Lipinski definition) is 0. The van der Waals surface area contributed by atoms with Crippen LogP contribution in [0.2, 0.25) is 5.02 Å². The first kappa shape index (κ1) is 24.4. The van der Waals surface area contributed by atoms with Crippen LogP contribution >= 0.6 is 11.6 Å². The number of benzene rings is 2. The predicted molar refractivity (Wildman–Crippen MR) is 127 cm³/mol. The van der Waals surface area contributed by atoms with E-state index in [-0.39, 0.29) is 22.4 Å². The van der Waals surface area contributed by atoms with E-state index in [4.69, 9.17) is 16.3 Å². The molecule has 1 fully saturated rings. The van der Waals surface area contributed by atoms with E-state index < -0.39 is 10.0 Å². The van der Waals surface area contributed by atoms with E-state index in [0.717, 1.165) is 4.31 Å². The fourth-order valence-corrected chi connectivity index (χ4v) is 5.19. The van der Waals surface area contributed by atoms with Crippen molar-refractivity contribution in [2.24, 2.45) is 0 Å². The second kappa shape index (κ2) is 10.1. The number of piperazine rings is 1. The Morgan fingerprint density at radius 2 is 1.81 bits per heavy atom. The molecule has 0 saturated carbocycles. The maximum absolute atomic E-state index is 12.9. The van der Waals surface area contributed by atoms with E-state index in [0.29, 0.717) is 38.5 Å². The maximum atomic E-state index is 12.9. The van der Waals surface area contributed by atoms with Crippen LogP contribution in [0.25, 0.3) is 0 Å². The molecule has 0 spiro atoms. The molecular formula is C23H30ClN3O4S. The van der Waals surface area contributed by atoms with Crippen LogP contribution in [0, 0.1) is 13.8 Å². The standard InChI is InChI=1S/C23H30ClN3O4S/c1-5-31-22-10-9-19(15-20(22)24)32(29,30)25(4)16-23(28)27-13-11-26(12-14-27)21-8-6-7-17(2)18(21)3/h6-10,15H,5,11-14,16H2,1-4H3. The van der Waals surface area contributed by atoms with Gasteiger partial charge in [0.2, 0.25) is 15.9 Å². The molecule has 0 bridgehead atoms. The fraction of sp³-hybridized carbons (Fsp3) is 0.435. The summed E-state index contributed by atoms with van der Waals surface area (Å²) in [5, 5.41) is 0.218. The largest absolute Gasteiger partial charge is 0.492 e. The highest BCUT2D eigenvalue weighted by Gasteiger charge is 2.28. The van der Waals surface area contributed by atoms with Gasteiger partial charge < -0.3 is 14.5 Å². The summed E-state index contributed by atoms with van der Waals surface area (Å²) in [6.45, 7) is 8.74. The number of rotatable bonds is 7. The van der Waals surface area contributed by atoms with Crippen LogP contribution in [-0.2, 0) is 14.8 Å². The first-order valence-electron chi connectivity index (χ1n) is 10.6. The third-order valence-corrected chi connectivity index (χ3v) is 7.91. The number of halogens is 1. The van der Waals surface area contributed by atoms with Crippen LogP contribution < -0.4 is 9.64 Å². The van der Waals surface area contributed by atoms with E-state index in [1.807, 2.05) is 13.0 Å². The highest BCUT2D eigenvalue weighted by Crippen LogP contribution is 2.28. The zero-order valence-electron chi connectivity index (χ0n) is 19.0. The monoisotopic (exact) mass is 479 g/mol. The minimum atomic E-state index is -3.86. The van der Waals surface area contributed by atoms with Crippen LogP contribution in [0.3, 0.4) is 0 Å². The van der Waals surface area contributed by atoms with Gasteiger partial charge in [0, 0.05) is 38.9 Å². The Hall–Kier alpha value is -2.29. The van der Waals surface area contributed by atoms with E-state index in [1.54, 1.807) is 4.90 Å². The van der Waals surface area contributed by atoms with Crippen LogP contribution in [0.4, 0.5) is 5.69 Å². The molecular weight excluding hydrogens is 450 g/mol. The SMILES string of the molecule is CCOc1ccc(S(=O)(=O)N(C)CC(=O)N2CCN(c3cccc(C)c3C)CC2)cc1Cl. The summed E-state index contributed by atoms with van der Waals surface area (Å²) in [6.07, 6.45) is 0. The van der Waals surface area contributed by atoms with Crippen LogP contribution in [-0.4, -0.2) is 69.9 Å². The molecule has 2 aromatic carbocycles. The molecule has 174 valence electrons. The quantitative estimate of drug-likeness (QED) is 0.609. The normalized spacial score (nSPS) is 14.7. The number of aryl methyl sites for hydroxylation is 1. The summed E-state index contributed by atoms with van der Waals surface area (Å²) in [7, 11) is -2.45. The number of hydrogen-bond acceptors (Lipinski definition) is 5. The van der Waals surface area contributed by atoms with Gasteiger partial charge in [0.05, 0.1) is 23.1 Å². The molecule has 3 rings (SSSR count). The number of anilines is 1. The minimum Gasteiger partial charge on any atom is -0.492 e. The van der Waals surface area contributed by atoms with Gasteiger partial charge in [-0.05, 0) is 56.2 Å². The van der Waals surface area contributed by atoms with Crippen molar-refractivity contribution in [1.82, 2.24) is 9.21 Å². The van der Waals surface area contributed by atoms with Gasteiger partial charge >= 0.3 is 0 Å². The summed E-state index contributed by atoms with van der Waals surface area (Å²) in [5.74, 6) is 0.210. The number of carbonyl (C=O) groups is 1. The van der Waals surface area contributed by atoms with E-state index in [9.17, 15) is 13.2 Å². The van der Waals surface area contributed by atoms with Crippen molar-refractivity contribution >= 4 is 33.2 Å². The van der Waals surface area contributed by atoms with Crippen molar-refractivity contribution < 1.29 is 17.9 Å². The number of ether oxygens (including phenoxy) is 1. The van der Waals surface area contributed by atoms with Crippen molar-refractivity contribution in [3.05, 3.63) is 52.5 Å². The molecule has 7 nitrogen and oxygen atoms in total. The zero-order valence-corrected chi connectivity index (χ0v) is 20.5. The van der Waals surface area contributed by atoms with E-state index in [2.05, 4.69) is 30.9 Å². The summed E-state index contributed by atoms with van der Waals surface area (Å²) < 4.78 is 32.3. The highest BCUT2D eigenvalue weighted by atomic mass is 35.5. The van der Waals surface area contributed by atoms with Gasteiger partial charge in [-0.2, -0.15) is 4.31 Å². The smallest absolute Gasteiger partial charge is 0.243 e. The third-order valence-electron chi connectivity index (χ3n) is 5.82. The van der Waals surface area contributed by atoms with Crippen molar-refractivity contribution in [2.75, 3.05) is 51.3 Å². The van der Waals surface area contributed by atoms with Gasteiger partial charge in [-0.15, -0.1) is 0 Å². The molecule has 0 N–H and O–H groups in total. The number of likely N-dealkylation sites (N-methyl/N-ethyl adjacent to an activating group) is 1. The molecule has 0 aliphatic carbocycles. The molecule has 1 heterocycles. The maximum Gasteiger partial charge on any atom is 0.243 e. The Balaban J connectivity index is 1.62. The summed E-state index contributed by atoms with van der Waals surface area (Å²) in [6, 6.07) is 10.6. The summed E-state index contributed by atoms with van der Waals surface area (Å²) in [5.41, 5.74) is 3.67. The van der Waals surface area contributed by atoms with Crippen LogP contribution in [0.1, 0.15) is 18.1 Å². The molecule has 32 heavy (non-hydrogen) atoms. The minimum absolute atomic E-state index is 0.0287. The second-order valence-corrected chi connectivity index (χ2v) is 10.3. The first-order valence-corrected chi connectivity index (χ1v) is 12.4. The molecule has 0 aromatic heterocycles. The molecule has 0 atom stereocenters. The molecule has 1 amide bonds. The van der Waals surface area contributed by atoms with E-state index >= 15 is 0 Å². The summed E-state index contributed by atoms with van der Waals surface area (Å²) >= 11 is 6.14. The molecule has 2 aromatic rings. The van der Waals surface area contributed by atoms with Crippen molar-refractivity contribution in [3.8, 4) is 5.75 Å². The van der Waals surface area contributed by atoms with Gasteiger partial charge in [0.15, 0.2) is 0 Å². The average Bonchev–Trinajstić information content (AvgIpc) is 2.77. The average molecular weight is 480 g/mol. The van der Waals surface area contributed by atoms with Crippen LogP contribution in [0.5, 0.6) is 5.75 Å². The van der Waals surface area contributed by atoms with Gasteiger partial charge in [0.25, 0.3) is 0 Å². The second-order valence-electron chi connectivity index (χ2n) is 7.87. The topological polar surface area (TPSA) is 70.2 Å². The van der Waals surface area contributed by atoms with Gasteiger partial charge in [-0.3, -0.25) is 4.79 Å². The molecule has 0 radical (unpaired) electrons. The first-order chi connectivity index (χ1) is 15.1. The van der Waals surface area contributed by atoms with Gasteiger partial charge in [-0.1, -0.05) is 23.7 Å². The lowest BCUT2D eigenvalue weighted by Gasteiger charge is -2.37. The van der Waals surface area contributed by atoms with Gasteiger partial charge in [-0.25, -0.2) is 8.42 Å². The predicted octanol–water partition coefficient (Wildman–Crippen LogP) is 3.32. The molecule has 1 saturated heterocycles. The van der Waals surface area contributed by atoms with Crippen molar-refractivity contribution in [1.29, 1.82) is 0 Å². The van der Waals surface area contributed by atoms with Crippen molar-refractivity contribution in [3.63, 3.8) is 0 Å². The lowest BCUT2D eigenvalue weighted by Crippen LogP contribution is -2.51. The Kier molecular flexibility index (Phi) is 7.69. The number of carbonyl (C=O) groups excluding carboxylic acids is 1.